The first-order chi connectivity index (χ1) is 14.3. The van der Waals surface area contributed by atoms with Gasteiger partial charge in [0.2, 0.25) is 5.91 Å². The number of carbonyl (C=O) groups is 1. The van der Waals surface area contributed by atoms with Crippen molar-refractivity contribution in [1.82, 2.24) is 19.4 Å². The molecule has 0 aliphatic carbocycles. The second-order valence-corrected chi connectivity index (χ2v) is 7.52. The van der Waals surface area contributed by atoms with Crippen molar-refractivity contribution in [1.29, 1.82) is 0 Å². The number of hydrogen-bond acceptors (Lipinski definition) is 3. The number of rotatable bonds is 7. The Labute approximate surface area is 172 Å². The van der Waals surface area contributed by atoms with Gasteiger partial charge in [0, 0.05) is 63.6 Å². The summed E-state index contributed by atoms with van der Waals surface area (Å²) in [6.45, 7) is 5.40. The van der Waals surface area contributed by atoms with Crippen molar-refractivity contribution >= 4 is 5.91 Å². The Morgan fingerprint density at radius 2 is 1.55 bits per heavy atom. The zero-order valence-electron chi connectivity index (χ0n) is 16.8. The minimum absolute atomic E-state index is 0.273. The number of amides is 1. The number of hydrogen-bond donors (Lipinski definition) is 0. The molecule has 0 radical (unpaired) electrons. The van der Waals surface area contributed by atoms with Crippen LogP contribution in [0.15, 0.2) is 73.1 Å². The first-order valence-electron chi connectivity index (χ1n) is 10.4. The molecule has 4 rings (SSSR count). The van der Waals surface area contributed by atoms with Crippen molar-refractivity contribution in [3.05, 3.63) is 78.6 Å². The van der Waals surface area contributed by atoms with Gasteiger partial charge in [0.15, 0.2) is 0 Å². The number of benzene rings is 2. The van der Waals surface area contributed by atoms with Gasteiger partial charge in [-0.15, -0.1) is 0 Å². The van der Waals surface area contributed by atoms with E-state index in [0.29, 0.717) is 6.42 Å². The molecular weight excluding hydrogens is 360 g/mol. The zero-order chi connectivity index (χ0) is 19.9. The van der Waals surface area contributed by atoms with Crippen LogP contribution in [-0.4, -0.2) is 58.0 Å². The maximum absolute atomic E-state index is 12.5. The summed E-state index contributed by atoms with van der Waals surface area (Å²) in [5.74, 6) is 1.29. The fourth-order valence-electron chi connectivity index (χ4n) is 3.86. The van der Waals surface area contributed by atoms with Crippen LogP contribution >= 0.6 is 0 Å². The molecule has 0 N–H and O–H groups in total. The number of imidazole rings is 1. The Kier molecular flexibility index (Phi) is 6.37. The van der Waals surface area contributed by atoms with Gasteiger partial charge >= 0.3 is 0 Å². The van der Waals surface area contributed by atoms with Crippen molar-refractivity contribution in [2.24, 2.45) is 0 Å². The number of piperazine rings is 1. The van der Waals surface area contributed by atoms with E-state index in [1.165, 1.54) is 5.56 Å². The molecule has 5 nitrogen and oxygen atoms in total. The van der Waals surface area contributed by atoms with Crippen LogP contribution in [0.1, 0.15) is 12.0 Å². The van der Waals surface area contributed by atoms with E-state index in [4.69, 9.17) is 0 Å². The summed E-state index contributed by atoms with van der Waals surface area (Å²) in [4.78, 5) is 21.5. The van der Waals surface area contributed by atoms with Crippen molar-refractivity contribution < 1.29 is 4.79 Å². The number of aromatic nitrogens is 2. The van der Waals surface area contributed by atoms with E-state index in [-0.39, 0.29) is 5.91 Å². The van der Waals surface area contributed by atoms with E-state index < -0.39 is 0 Å². The topological polar surface area (TPSA) is 41.4 Å². The summed E-state index contributed by atoms with van der Waals surface area (Å²) >= 11 is 0. The molecule has 29 heavy (non-hydrogen) atoms. The lowest BCUT2D eigenvalue weighted by atomic mass is 10.1. The lowest BCUT2D eigenvalue weighted by Crippen LogP contribution is -2.49. The van der Waals surface area contributed by atoms with Gasteiger partial charge in [-0.05, 0) is 12.0 Å². The molecule has 1 aliphatic rings. The Morgan fingerprint density at radius 3 is 2.28 bits per heavy atom. The third-order valence-electron chi connectivity index (χ3n) is 5.60. The van der Waals surface area contributed by atoms with Crippen molar-refractivity contribution in [2.75, 3.05) is 32.7 Å². The van der Waals surface area contributed by atoms with Crippen LogP contribution in [-0.2, 0) is 17.8 Å². The summed E-state index contributed by atoms with van der Waals surface area (Å²) in [6.07, 6.45) is 5.33. The molecule has 1 fully saturated rings. The molecule has 1 aromatic heterocycles. The van der Waals surface area contributed by atoms with Gasteiger partial charge < -0.3 is 9.47 Å². The molecule has 3 aromatic rings. The second-order valence-electron chi connectivity index (χ2n) is 7.52. The molecule has 1 amide bonds. The highest BCUT2D eigenvalue weighted by atomic mass is 16.2. The van der Waals surface area contributed by atoms with Crippen molar-refractivity contribution in [3.63, 3.8) is 0 Å². The largest absolute Gasteiger partial charge is 0.340 e. The van der Waals surface area contributed by atoms with Crippen LogP contribution in [0.3, 0.4) is 0 Å². The van der Waals surface area contributed by atoms with E-state index >= 15 is 0 Å². The third-order valence-corrected chi connectivity index (χ3v) is 5.60. The molecule has 0 atom stereocenters. The predicted molar refractivity (Wildman–Crippen MR) is 115 cm³/mol. The molecule has 5 heteroatoms. The fraction of sp³-hybridized carbons (Fsp3) is 0.333. The summed E-state index contributed by atoms with van der Waals surface area (Å²) < 4.78 is 2.22. The lowest BCUT2D eigenvalue weighted by Gasteiger charge is -2.35. The predicted octanol–water partition coefficient (Wildman–Crippen LogP) is 3.33. The molecule has 2 aromatic carbocycles. The minimum atomic E-state index is 0.273. The maximum Gasteiger partial charge on any atom is 0.222 e. The number of nitrogens with zero attached hydrogens (tertiary/aromatic N) is 4. The van der Waals surface area contributed by atoms with E-state index in [9.17, 15) is 4.79 Å². The Balaban J connectivity index is 1.23. The fourth-order valence-corrected chi connectivity index (χ4v) is 3.86. The first kappa shape index (κ1) is 19.4. The SMILES string of the molecule is O=C(CCc1ccccc1)N1CCN(CCn2ccnc2-c2ccccc2)CC1. The van der Waals surface area contributed by atoms with Gasteiger partial charge in [0.05, 0.1) is 0 Å². The van der Waals surface area contributed by atoms with Gasteiger partial charge in [-0.2, -0.15) is 0 Å². The van der Waals surface area contributed by atoms with Crippen LogP contribution in [0, 0.1) is 0 Å². The monoisotopic (exact) mass is 388 g/mol. The maximum atomic E-state index is 12.5. The molecule has 150 valence electrons. The van der Waals surface area contributed by atoms with E-state index in [2.05, 4.69) is 38.7 Å². The van der Waals surface area contributed by atoms with E-state index in [1.807, 2.05) is 53.7 Å². The quantitative estimate of drug-likeness (QED) is 0.623. The van der Waals surface area contributed by atoms with Crippen LogP contribution in [0.5, 0.6) is 0 Å². The number of carbonyl (C=O) groups excluding carboxylic acids is 1. The molecule has 2 heterocycles. The smallest absolute Gasteiger partial charge is 0.222 e. The number of aryl methyl sites for hydroxylation is 1. The van der Waals surface area contributed by atoms with Crippen molar-refractivity contribution in [2.45, 2.75) is 19.4 Å². The average molecular weight is 389 g/mol. The van der Waals surface area contributed by atoms with E-state index in [0.717, 1.165) is 57.1 Å². The average Bonchev–Trinajstić information content (AvgIpc) is 3.26. The third kappa shape index (κ3) is 5.12. The molecule has 0 spiro atoms. The lowest BCUT2D eigenvalue weighted by molar-refractivity contribution is -0.132. The molecule has 0 unspecified atom stereocenters. The highest BCUT2D eigenvalue weighted by Crippen LogP contribution is 2.17. The Bertz CT molecular complexity index is 899. The van der Waals surface area contributed by atoms with Gasteiger partial charge in [0.1, 0.15) is 5.82 Å². The van der Waals surface area contributed by atoms with Gasteiger partial charge in [-0.1, -0.05) is 60.7 Å². The molecular formula is C24H28N4O. The molecule has 1 aliphatic heterocycles. The first-order valence-corrected chi connectivity index (χ1v) is 10.4. The highest BCUT2D eigenvalue weighted by molar-refractivity contribution is 5.76. The zero-order valence-corrected chi connectivity index (χ0v) is 16.8. The van der Waals surface area contributed by atoms with Crippen LogP contribution in [0.4, 0.5) is 0 Å². The van der Waals surface area contributed by atoms with Gasteiger partial charge in [0.25, 0.3) is 0 Å². The normalized spacial score (nSPS) is 14.8. The molecule has 0 bridgehead atoms. The van der Waals surface area contributed by atoms with Crippen molar-refractivity contribution in [3.8, 4) is 11.4 Å². The molecule has 0 saturated carbocycles. The Morgan fingerprint density at radius 1 is 0.862 bits per heavy atom. The van der Waals surface area contributed by atoms with Crippen LogP contribution in [0.25, 0.3) is 11.4 Å². The van der Waals surface area contributed by atoms with E-state index in [1.54, 1.807) is 0 Å². The van der Waals surface area contributed by atoms with Crippen LogP contribution < -0.4 is 0 Å². The van der Waals surface area contributed by atoms with Gasteiger partial charge in [-0.3, -0.25) is 9.69 Å². The summed E-state index contributed by atoms with van der Waals surface area (Å²) in [5, 5.41) is 0. The summed E-state index contributed by atoms with van der Waals surface area (Å²) in [5.41, 5.74) is 2.38. The summed E-state index contributed by atoms with van der Waals surface area (Å²) in [7, 11) is 0. The van der Waals surface area contributed by atoms with Crippen LogP contribution in [0.2, 0.25) is 0 Å². The minimum Gasteiger partial charge on any atom is -0.340 e. The standard InChI is InChI=1S/C24H28N4O/c29-23(12-11-21-7-3-1-4-8-21)27-18-15-26(16-19-27)17-20-28-14-13-25-24(28)22-9-5-2-6-10-22/h1-10,13-14H,11-12,15-20H2. The van der Waals surface area contributed by atoms with Gasteiger partial charge in [-0.25, -0.2) is 4.98 Å². The Hall–Kier alpha value is -2.92. The highest BCUT2D eigenvalue weighted by Gasteiger charge is 2.20. The second kappa shape index (κ2) is 9.52. The summed E-state index contributed by atoms with van der Waals surface area (Å²) in [6, 6.07) is 20.6. The molecule has 1 saturated heterocycles.